The quantitative estimate of drug-likeness (QED) is 0.724. The van der Waals surface area contributed by atoms with Crippen LogP contribution in [0.25, 0.3) is 22.5 Å². The van der Waals surface area contributed by atoms with Crippen molar-refractivity contribution in [3.8, 4) is 11.5 Å². The predicted molar refractivity (Wildman–Crippen MR) is 104 cm³/mol. The molecule has 0 aliphatic carbocycles. The molecule has 27 heavy (non-hydrogen) atoms. The maximum Gasteiger partial charge on any atom is 0.252 e. The van der Waals surface area contributed by atoms with Gasteiger partial charge in [0.25, 0.3) is 5.91 Å². The summed E-state index contributed by atoms with van der Waals surface area (Å²) in [5, 5.41) is 11.7. The lowest BCUT2D eigenvalue weighted by atomic mass is 9.99. The minimum absolute atomic E-state index is 0.0934. The summed E-state index contributed by atoms with van der Waals surface area (Å²) in [6.07, 6.45) is 5.63. The van der Waals surface area contributed by atoms with Crippen molar-refractivity contribution >= 4 is 16.9 Å². The Balaban J connectivity index is 1.68. The van der Waals surface area contributed by atoms with E-state index < -0.39 is 0 Å². The third-order valence-electron chi connectivity index (χ3n) is 5.02. The van der Waals surface area contributed by atoms with Crippen LogP contribution in [-0.2, 0) is 0 Å². The second-order valence-corrected chi connectivity index (χ2v) is 7.37. The van der Waals surface area contributed by atoms with Crippen molar-refractivity contribution in [2.24, 2.45) is 5.92 Å². The average Bonchev–Trinajstić information content (AvgIpc) is 3.35. The number of fused-ring (bicyclic) bond motifs is 1. The summed E-state index contributed by atoms with van der Waals surface area (Å²) < 4.78 is 7.34. The molecular formula is C20H25N5O2. The van der Waals surface area contributed by atoms with Gasteiger partial charge in [-0.3, -0.25) is 4.79 Å². The lowest BCUT2D eigenvalue weighted by Crippen LogP contribution is -2.38. The van der Waals surface area contributed by atoms with E-state index in [9.17, 15) is 4.79 Å². The molecule has 1 aliphatic heterocycles. The van der Waals surface area contributed by atoms with E-state index in [0.717, 1.165) is 31.3 Å². The second kappa shape index (κ2) is 7.52. The van der Waals surface area contributed by atoms with E-state index >= 15 is 0 Å². The number of pyridine rings is 1. The number of carbonyl (C=O) groups excluding carboxylic acids is 1. The van der Waals surface area contributed by atoms with Crippen LogP contribution < -0.4 is 10.6 Å². The molecule has 0 spiro atoms. The summed E-state index contributed by atoms with van der Waals surface area (Å²) in [7, 11) is 0. The van der Waals surface area contributed by atoms with Crippen molar-refractivity contribution in [3.05, 3.63) is 36.2 Å². The number of amides is 1. The minimum atomic E-state index is -0.0934. The summed E-state index contributed by atoms with van der Waals surface area (Å²) in [5.41, 5.74) is 1.92. The number of aromatic nitrogens is 3. The van der Waals surface area contributed by atoms with Gasteiger partial charge in [-0.05, 0) is 63.9 Å². The first kappa shape index (κ1) is 17.7. The van der Waals surface area contributed by atoms with Crippen LogP contribution in [0.4, 0.5) is 0 Å². The monoisotopic (exact) mass is 367 g/mol. The molecule has 1 fully saturated rings. The largest absolute Gasteiger partial charge is 0.463 e. The predicted octanol–water partition coefficient (Wildman–Crippen LogP) is 3.00. The number of hydrogen-bond donors (Lipinski definition) is 2. The van der Waals surface area contributed by atoms with Gasteiger partial charge < -0.3 is 15.1 Å². The summed E-state index contributed by atoms with van der Waals surface area (Å²) in [4.78, 5) is 17.7. The third kappa shape index (κ3) is 3.60. The van der Waals surface area contributed by atoms with Crippen molar-refractivity contribution in [2.75, 3.05) is 19.6 Å². The van der Waals surface area contributed by atoms with Crippen molar-refractivity contribution in [3.63, 3.8) is 0 Å². The van der Waals surface area contributed by atoms with Crippen molar-refractivity contribution in [1.82, 2.24) is 25.4 Å². The molecule has 142 valence electrons. The summed E-state index contributed by atoms with van der Waals surface area (Å²) in [5.74, 6) is 1.02. The molecule has 1 unspecified atom stereocenters. The number of carbonyl (C=O) groups is 1. The number of nitrogens with zero attached hydrogens (tertiary/aromatic N) is 3. The second-order valence-electron chi connectivity index (χ2n) is 7.37. The molecule has 1 aliphatic rings. The van der Waals surface area contributed by atoms with Crippen LogP contribution in [0, 0.1) is 5.92 Å². The Morgan fingerprint density at radius 1 is 1.48 bits per heavy atom. The topological polar surface area (TPSA) is 85.0 Å². The van der Waals surface area contributed by atoms with Gasteiger partial charge in [-0.25, -0.2) is 9.67 Å². The SMILES string of the molecule is CC(C)n1ncc2c(C(=O)NCC3CCCNC3)cc(-c3ccco3)nc21. The Morgan fingerprint density at radius 3 is 3.07 bits per heavy atom. The molecule has 0 saturated carbocycles. The number of furan rings is 1. The molecule has 4 rings (SSSR count). The van der Waals surface area contributed by atoms with Gasteiger partial charge in [-0.2, -0.15) is 5.10 Å². The number of rotatable bonds is 5. The Hall–Kier alpha value is -2.67. The van der Waals surface area contributed by atoms with E-state index in [-0.39, 0.29) is 11.9 Å². The highest BCUT2D eigenvalue weighted by molar-refractivity contribution is 6.06. The number of nitrogens with one attached hydrogen (secondary N) is 2. The van der Waals surface area contributed by atoms with Gasteiger partial charge in [0.2, 0.25) is 0 Å². The maximum atomic E-state index is 13.0. The van der Waals surface area contributed by atoms with E-state index in [4.69, 9.17) is 9.40 Å². The third-order valence-corrected chi connectivity index (χ3v) is 5.02. The molecule has 1 saturated heterocycles. The first-order valence-electron chi connectivity index (χ1n) is 9.54. The van der Waals surface area contributed by atoms with Crippen LogP contribution in [0.1, 0.15) is 43.1 Å². The molecule has 3 aromatic heterocycles. The number of piperidine rings is 1. The fourth-order valence-electron chi connectivity index (χ4n) is 3.56. The van der Waals surface area contributed by atoms with Gasteiger partial charge >= 0.3 is 0 Å². The molecule has 2 N–H and O–H groups in total. The molecule has 1 amide bonds. The first-order chi connectivity index (χ1) is 13.1. The van der Waals surface area contributed by atoms with Crippen molar-refractivity contribution in [1.29, 1.82) is 0 Å². The lowest BCUT2D eigenvalue weighted by Gasteiger charge is -2.23. The number of hydrogen-bond acceptors (Lipinski definition) is 5. The molecule has 7 heteroatoms. The fraction of sp³-hybridized carbons (Fsp3) is 0.450. The Morgan fingerprint density at radius 2 is 2.37 bits per heavy atom. The van der Waals surface area contributed by atoms with Crippen LogP contribution in [0.15, 0.2) is 35.1 Å². The van der Waals surface area contributed by atoms with Gasteiger partial charge in [-0.15, -0.1) is 0 Å². The highest BCUT2D eigenvalue weighted by Crippen LogP contribution is 2.26. The Labute approximate surface area is 158 Å². The van der Waals surface area contributed by atoms with Gasteiger partial charge in [-0.1, -0.05) is 0 Å². The van der Waals surface area contributed by atoms with E-state index in [2.05, 4.69) is 15.7 Å². The highest BCUT2D eigenvalue weighted by atomic mass is 16.3. The summed E-state index contributed by atoms with van der Waals surface area (Å²) in [6.45, 7) is 6.78. The maximum absolute atomic E-state index is 13.0. The molecular weight excluding hydrogens is 342 g/mol. The molecule has 0 radical (unpaired) electrons. The van der Waals surface area contributed by atoms with E-state index in [1.54, 1.807) is 18.5 Å². The molecule has 0 bridgehead atoms. The zero-order valence-corrected chi connectivity index (χ0v) is 15.7. The van der Waals surface area contributed by atoms with Crippen LogP contribution in [0.5, 0.6) is 0 Å². The van der Waals surface area contributed by atoms with Crippen molar-refractivity contribution < 1.29 is 9.21 Å². The first-order valence-corrected chi connectivity index (χ1v) is 9.54. The zero-order valence-electron chi connectivity index (χ0n) is 15.7. The van der Waals surface area contributed by atoms with Crippen LogP contribution in [0.2, 0.25) is 0 Å². The summed E-state index contributed by atoms with van der Waals surface area (Å²) >= 11 is 0. The summed E-state index contributed by atoms with van der Waals surface area (Å²) in [6, 6.07) is 5.60. The van der Waals surface area contributed by atoms with E-state index in [0.29, 0.717) is 35.1 Å². The van der Waals surface area contributed by atoms with Crippen LogP contribution in [0.3, 0.4) is 0 Å². The highest BCUT2D eigenvalue weighted by Gasteiger charge is 2.20. The molecule has 7 nitrogen and oxygen atoms in total. The normalized spacial score (nSPS) is 17.5. The average molecular weight is 367 g/mol. The Bertz CT molecular complexity index is 923. The molecule has 0 aromatic carbocycles. The minimum Gasteiger partial charge on any atom is -0.463 e. The fourth-order valence-corrected chi connectivity index (χ4v) is 3.56. The van der Waals surface area contributed by atoms with Gasteiger partial charge in [0.1, 0.15) is 5.69 Å². The van der Waals surface area contributed by atoms with E-state index in [1.807, 2.05) is 30.7 Å². The molecule has 4 heterocycles. The smallest absolute Gasteiger partial charge is 0.252 e. The van der Waals surface area contributed by atoms with Gasteiger partial charge in [0, 0.05) is 12.6 Å². The van der Waals surface area contributed by atoms with Gasteiger partial charge in [0.15, 0.2) is 11.4 Å². The van der Waals surface area contributed by atoms with E-state index in [1.165, 1.54) is 0 Å². The standard InChI is InChI=1S/C20H25N5O2/c1-13(2)25-19-16(12-23-25)15(9-17(24-19)18-6-4-8-27-18)20(26)22-11-14-5-3-7-21-10-14/h4,6,8-9,12-14,21H,3,5,7,10-11H2,1-2H3,(H,22,26). The molecule has 3 aromatic rings. The zero-order chi connectivity index (χ0) is 18.8. The van der Waals surface area contributed by atoms with Crippen LogP contribution in [-0.4, -0.2) is 40.3 Å². The van der Waals surface area contributed by atoms with Crippen molar-refractivity contribution in [2.45, 2.75) is 32.7 Å². The Kier molecular flexibility index (Phi) is 4.94. The van der Waals surface area contributed by atoms with Gasteiger partial charge in [0.05, 0.1) is 23.4 Å². The molecule has 1 atom stereocenters. The lowest BCUT2D eigenvalue weighted by molar-refractivity contribution is 0.0946. The van der Waals surface area contributed by atoms with Crippen LogP contribution >= 0.6 is 0 Å².